The molecule has 4 heterocycles. The van der Waals surface area contributed by atoms with Crippen LogP contribution in [0.1, 0.15) is 39.5 Å². The Kier molecular flexibility index (Phi) is 15.3. The van der Waals surface area contributed by atoms with Crippen LogP contribution in [-0.4, -0.2) is 71.7 Å². The van der Waals surface area contributed by atoms with Crippen molar-refractivity contribution < 1.29 is 9.47 Å². The molecule has 200 valence electrons. The molecule has 2 aromatic rings. The summed E-state index contributed by atoms with van der Waals surface area (Å²) in [6.45, 7) is 13.0. The fourth-order valence-electron chi connectivity index (χ4n) is 3.31. The van der Waals surface area contributed by atoms with Gasteiger partial charge in [-0.15, -0.1) is 0 Å². The molecule has 4 rings (SSSR count). The highest BCUT2D eigenvalue weighted by Crippen LogP contribution is 2.29. The fraction of sp³-hybridized carbons (Fsp3) is 0.727. The lowest BCUT2D eigenvalue weighted by molar-refractivity contribution is 0.109. The molecule has 0 radical (unpaired) electrons. The summed E-state index contributed by atoms with van der Waals surface area (Å²) in [6.07, 6.45) is 4.39. The van der Waals surface area contributed by atoms with Crippen LogP contribution >= 0.6 is 62.3 Å². The van der Waals surface area contributed by atoms with Gasteiger partial charge < -0.3 is 24.3 Å². The minimum atomic E-state index is 0.361. The lowest BCUT2D eigenvalue weighted by atomic mass is 10.3. The zero-order valence-electron chi connectivity index (χ0n) is 20.3. The molecule has 0 aliphatic carbocycles. The van der Waals surface area contributed by atoms with Crippen molar-refractivity contribution in [3.05, 3.63) is 25.3 Å². The Morgan fingerprint density at radius 2 is 1.31 bits per heavy atom. The van der Waals surface area contributed by atoms with Gasteiger partial charge in [0.15, 0.2) is 15.0 Å². The summed E-state index contributed by atoms with van der Waals surface area (Å²) in [6, 6.07) is 0. The molecule has 0 bridgehead atoms. The normalized spacial score (nSPS) is 15.8. The fourth-order valence-corrected chi connectivity index (χ4v) is 4.82. The molecule has 2 aromatic heterocycles. The summed E-state index contributed by atoms with van der Waals surface area (Å²) in [5.74, 6) is 0.872. The first-order chi connectivity index (χ1) is 16.9. The van der Waals surface area contributed by atoms with E-state index in [9.17, 15) is 0 Å². The van der Waals surface area contributed by atoms with Crippen LogP contribution in [-0.2, 0) is 22.6 Å². The minimum Gasteiger partial charge on any atom is -0.379 e. The van der Waals surface area contributed by atoms with E-state index in [4.69, 9.17) is 55.9 Å². The van der Waals surface area contributed by atoms with Crippen molar-refractivity contribution >= 4 is 68.3 Å². The molecule has 0 amide bonds. The predicted octanol–water partition coefficient (Wildman–Crippen LogP) is 6.19. The SMILES string of the molecule is C1COCCN1.CCCCn1c(Br)nc(Cl)c1Cl.CCCCn1c(N2CCOCC2)nc(Cl)c1Cl. The van der Waals surface area contributed by atoms with Gasteiger partial charge in [0.25, 0.3) is 0 Å². The first-order valence-corrected chi connectivity index (χ1v) is 14.3. The summed E-state index contributed by atoms with van der Waals surface area (Å²) in [5.41, 5.74) is 0. The van der Waals surface area contributed by atoms with Crippen molar-refractivity contribution in [2.45, 2.75) is 52.6 Å². The van der Waals surface area contributed by atoms with Gasteiger partial charge in [-0.3, -0.25) is 4.57 Å². The molecule has 2 saturated heterocycles. The number of nitrogens with zero attached hydrogens (tertiary/aromatic N) is 5. The number of hydrogen-bond acceptors (Lipinski definition) is 6. The number of unbranched alkanes of at least 4 members (excludes halogenated alkanes) is 2. The number of halogens is 5. The van der Waals surface area contributed by atoms with Gasteiger partial charge in [0.1, 0.15) is 10.3 Å². The average molecular weight is 637 g/mol. The molecule has 0 aromatic carbocycles. The summed E-state index contributed by atoms with van der Waals surface area (Å²) >= 11 is 27.1. The van der Waals surface area contributed by atoms with Gasteiger partial charge in [0.05, 0.1) is 26.4 Å². The summed E-state index contributed by atoms with van der Waals surface area (Å²) in [7, 11) is 0. The lowest BCUT2D eigenvalue weighted by Crippen LogP contribution is -2.38. The minimum absolute atomic E-state index is 0.361. The van der Waals surface area contributed by atoms with Crippen LogP contribution in [0.4, 0.5) is 5.95 Å². The van der Waals surface area contributed by atoms with E-state index in [1.807, 2.05) is 9.13 Å². The maximum absolute atomic E-state index is 6.18. The molecular weight excluding hydrogens is 602 g/mol. The molecule has 0 saturated carbocycles. The first kappa shape index (κ1) is 31.0. The highest BCUT2D eigenvalue weighted by atomic mass is 79.9. The Hall–Kier alpha value is -0.260. The topological polar surface area (TPSA) is 69.4 Å². The number of imidazole rings is 2. The monoisotopic (exact) mass is 634 g/mol. The van der Waals surface area contributed by atoms with Crippen molar-refractivity contribution in [1.82, 2.24) is 24.4 Å². The van der Waals surface area contributed by atoms with Crippen LogP contribution in [0.2, 0.25) is 20.6 Å². The molecule has 35 heavy (non-hydrogen) atoms. The smallest absolute Gasteiger partial charge is 0.208 e. The van der Waals surface area contributed by atoms with Crippen LogP contribution in [0.15, 0.2) is 4.73 Å². The number of aromatic nitrogens is 4. The van der Waals surface area contributed by atoms with Gasteiger partial charge in [-0.05, 0) is 28.8 Å². The summed E-state index contributed by atoms with van der Waals surface area (Å²) < 4.78 is 14.9. The van der Waals surface area contributed by atoms with E-state index >= 15 is 0 Å². The first-order valence-electron chi connectivity index (χ1n) is 12.0. The Morgan fingerprint density at radius 3 is 1.77 bits per heavy atom. The molecule has 0 atom stereocenters. The van der Waals surface area contributed by atoms with Crippen molar-refractivity contribution in [2.75, 3.05) is 57.5 Å². The Morgan fingerprint density at radius 1 is 0.800 bits per heavy atom. The number of hydrogen-bond donors (Lipinski definition) is 1. The molecule has 2 aliphatic rings. The zero-order chi connectivity index (χ0) is 25.6. The van der Waals surface area contributed by atoms with E-state index in [0.29, 0.717) is 25.3 Å². The maximum Gasteiger partial charge on any atom is 0.208 e. The molecule has 2 aliphatic heterocycles. The lowest BCUT2D eigenvalue weighted by Gasteiger charge is -2.28. The standard InChI is InChI=1S/C11H17Cl2N3O.C7H9BrCl2N2.C4H9NO/c1-2-3-4-16-10(13)9(12)14-11(16)15-5-7-17-8-6-15;1-2-3-4-12-6(10)5(9)11-7(12)8;1-3-6-4-2-5-1/h2-8H2,1H3;2-4H2,1H3;5H,1-4H2. The van der Waals surface area contributed by atoms with Gasteiger partial charge in [-0.25, -0.2) is 4.98 Å². The van der Waals surface area contributed by atoms with Crippen LogP contribution in [0.3, 0.4) is 0 Å². The van der Waals surface area contributed by atoms with Gasteiger partial charge in [0, 0.05) is 39.3 Å². The zero-order valence-corrected chi connectivity index (χ0v) is 25.0. The number of anilines is 1. The van der Waals surface area contributed by atoms with Crippen LogP contribution < -0.4 is 10.2 Å². The Labute approximate surface area is 236 Å². The van der Waals surface area contributed by atoms with Crippen molar-refractivity contribution in [3.63, 3.8) is 0 Å². The number of rotatable bonds is 7. The largest absolute Gasteiger partial charge is 0.379 e. The Bertz CT molecular complexity index is 861. The van der Waals surface area contributed by atoms with E-state index < -0.39 is 0 Å². The van der Waals surface area contributed by atoms with E-state index in [1.54, 1.807) is 0 Å². The summed E-state index contributed by atoms with van der Waals surface area (Å²) in [4.78, 5) is 10.5. The number of ether oxygens (including phenoxy) is 2. The van der Waals surface area contributed by atoms with Gasteiger partial charge in [-0.2, -0.15) is 4.98 Å². The number of morpholine rings is 2. The second kappa shape index (κ2) is 17.3. The van der Waals surface area contributed by atoms with Crippen molar-refractivity contribution in [3.8, 4) is 0 Å². The molecule has 1 N–H and O–H groups in total. The van der Waals surface area contributed by atoms with Crippen LogP contribution in [0.25, 0.3) is 0 Å². The van der Waals surface area contributed by atoms with E-state index in [0.717, 1.165) is 97.3 Å². The third kappa shape index (κ3) is 10.2. The summed E-state index contributed by atoms with van der Waals surface area (Å²) in [5, 5.41) is 4.97. The second-order valence-corrected chi connectivity index (χ2v) is 10.1. The van der Waals surface area contributed by atoms with Gasteiger partial charge >= 0.3 is 0 Å². The Balaban J connectivity index is 0.000000207. The average Bonchev–Trinajstić information content (AvgIpc) is 3.31. The highest BCUT2D eigenvalue weighted by Gasteiger charge is 2.21. The maximum atomic E-state index is 6.18. The van der Waals surface area contributed by atoms with Gasteiger partial charge in [-0.1, -0.05) is 73.1 Å². The second-order valence-electron chi connectivity index (χ2n) is 7.93. The van der Waals surface area contributed by atoms with E-state index in [-0.39, 0.29) is 0 Å². The van der Waals surface area contributed by atoms with Crippen molar-refractivity contribution in [1.29, 1.82) is 0 Å². The third-order valence-corrected chi connectivity index (χ3v) is 7.37. The molecule has 8 nitrogen and oxygen atoms in total. The molecule has 2 fully saturated rings. The molecule has 0 unspecified atom stereocenters. The van der Waals surface area contributed by atoms with Crippen molar-refractivity contribution in [2.24, 2.45) is 0 Å². The number of nitrogens with one attached hydrogen (secondary N) is 1. The quantitative estimate of drug-likeness (QED) is 0.391. The van der Waals surface area contributed by atoms with Crippen LogP contribution in [0.5, 0.6) is 0 Å². The third-order valence-electron chi connectivity index (χ3n) is 5.28. The van der Waals surface area contributed by atoms with E-state index in [2.05, 4.69) is 50.0 Å². The highest BCUT2D eigenvalue weighted by molar-refractivity contribution is 9.10. The van der Waals surface area contributed by atoms with Crippen LogP contribution in [0, 0.1) is 0 Å². The predicted molar refractivity (Wildman–Crippen MR) is 149 cm³/mol. The molecule has 13 heteroatoms. The molecular formula is C22H35BrCl4N6O2. The van der Waals surface area contributed by atoms with Gasteiger partial charge in [0.2, 0.25) is 5.95 Å². The van der Waals surface area contributed by atoms with E-state index in [1.165, 1.54) is 0 Å². The molecule has 0 spiro atoms.